The fourth-order valence-electron chi connectivity index (χ4n) is 3.66. The Morgan fingerprint density at radius 3 is 2.67 bits per heavy atom. The third-order valence-corrected chi connectivity index (χ3v) is 6.98. The van der Waals surface area contributed by atoms with Crippen LogP contribution in [0.3, 0.4) is 0 Å². The van der Waals surface area contributed by atoms with Crippen molar-refractivity contribution in [2.45, 2.75) is 32.4 Å². The standard InChI is InChI=1S/C23H25ClN6O2S/c24-18-7-5-17(6-8-18)20-11-19-22(33-20)23(32)29(14-27-19)10-9-15-1-3-16(4-2-15)12-30(26)13-21(31)28-25/h1-5,7,11,14H,6,8-10,12-13,25-26H2,(H,28,31). The Hall–Kier alpha value is -2.82. The number of amides is 1. The number of aryl methyl sites for hydroxylation is 2. The minimum absolute atomic E-state index is 0.0167. The Morgan fingerprint density at radius 2 is 1.97 bits per heavy atom. The minimum Gasteiger partial charge on any atom is -0.298 e. The molecule has 5 N–H and O–H groups in total. The van der Waals surface area contributed by atoms with Gasteiger partial charge in [0.2, 0.25) is 5.91 Å². The Labute approximate surface area is 200 Å². The summed E-state index contributed by atoms with van der Waals surface area (Å²) in [6, 6.07) is 9.91. The van der Waals surface area contributed by atoms with E-state index < -0.39 is 0 Å². The van der Waals surface area contributed by atoms with Gasteiger partial charge in [0.25, 0.3) is 5.56 Å². The molecule has 1 aliphatic rings. The minimum atomic E-state index is -0.347. The van der Waals surface area contributed by atoms with Gasteiger partial charge in [-0.2, -0.15) is 0 Å². The fourth-order valence-corrected chi connectivity index (χ4v) is 4.93. The van der Waals surface area contributed by atoms with Gasteiger partial charge >= 0.3 is 0 Å². The Morgan fingerprint density at radius 1 is 1.21 bits per heavy atom. The van der Waals surface area contributed by atoms with E-state index in [0.717, 1.165) is 39.4 Å². The number of hydrazine groups is 2. The van der Waals surface area contributed by atoms with Crippen LogP contribution in [0.1, 0.15) is 28.8 Å². The first-order valence-corrected chi connectivity index (χ1v) is 11.7. The van der Waals surface area contributed by atoms with Gasteiger partial charge in [0.15, 0.2) is 0 Å². The van der Waals surface area contributed by atoms with Crippen LogP contribution in [0.15, 0.2) is 58.6 Å². The van der Waals surface area contributed by atoms with Gasteiger partial charge < -0.3 is 0 Å². The van der Waals surface area contributed by atoms with Gasteiger partial charge in [-0.1, -0.05) is 41.9 Å². The van der Waals surface area contributed by atoms with Gasteiger partial charge in [-0.05, 0) is 48.1 Å². The molecule has 1 amide bonds. The molecule has 0 saturated heterocycles. The molecule has 2 heterocycles. The van der Waals surface area contributed by atoms with Crippen LogP contribution < -0.4 is 22.7 Å². The summed E-state index contributed by atoms with van der Waals surface area (Å²) in [6.45, 7) is 0.977. The second kappa shape index (κ2) is 10.4. The highest BCUT2D eigenvalue weighted by Gasteiger charge is 2.14. The molecule has 0 radical (unpaired) electrons. The quantitative estimate of drug-likeness (QED) is 0.257. The number of carbonyl (C=O) groups is 1. The molecule has 0 spiro atoms. The van der Waals surface area contributed by atoms with Crippen molar-refractivity contribution in [3.63, 3.8) is 0 Å². The highest BCUT2D eigenvalue weighted by Crippen LogP contribution is 2.33. The predicted molar refractivity (Wildman–Crippen MR) is 132 cm³/mol. The van der Waals surface area contributed by atoms with Crippen LogP contribution in [-0.4, -0.2) is 27.0 Å². The molecule has 1 aliphatic carbocycles. The molecule has 4 rings (SSSR count). The summed E-state index contributed by atoms with van der Waals surface area (Å²) in [4.78, 5) is 29.9. The molecule has 172 valence electrons. The average Bonchev–Trinajstić information content (AvgIpc) is 3.25. The van der Waals surface area contributed by atoms with Gasteiger partial charge in [-0.25, -0.2) is 15.8 Å². The van der Waals surface area contributed by atoms with Crippen LogP contribution >= 0.6 is 22.9 Å². The lowest BCUT2D eigenvalue weighted by Gasteiger charge is -2.15. The number of thiophene rings is 1. The lowest BCUT2D eigenvalue weighted by atomic mass is 10.0. The number of rotatable bonds is 8. The number of hydrogen-bond acceptors (Lipinski definition) is 7. The van der Waals surface area contributed by atoms with Crippen molar-refractivity contribution in [3.05, 3.63) is 80.2 Å². The molecular weight excluding hydrogens is 460 g/mol. The highest BCUT2D eigenvalue weighted by molar-refractivity contribution is 7.19. The number of nitrogens with zero attached hydrogens (tertiary/aromatic N) is 3. The zero-order chi connectivity index (χ0) is 23.4. The number of halogens is 1. The van der Waals surface area contributed by atoms with Crippen molar-refractivity contribution >= 4 is 44.6 Å². The summed E-state index contributed by atoms with van der Waals surface area (Å²) in [5.74, 6) is 10.6. The Balaban J connectivity index is 1.41. The van der Waals surface area contributed by atoms with E-state index in [1.807, 2.05) is 42.5 Å². The van der Waals surface area contributed by atoms with Gasteiger partial charge in [0.05, 0.1) is 18.4 Å². The fraction of sp³-hybridized carbons (Fsp3) is 0.261. The maximum Gasteiger partial charge on any atom is 0.271 e. The largest absolute Gasteiger partial charge is 0.298 e. The van der Waals surface area contributed by atoms with E-state index in [2.05, 4.69) is 10.4 Å². The maximum absolute atomic E-state index is 13.0. The number of benzene rings is 1. The first-order valence-electron chi connectivity index (χ1n) is 10.5. The SMILES string of the molecule is NNC(=O)CN(N)Cc1ccc(CCn2cnc3cc(C4=CC=C(Cl)CC4)sc3c2=O)cc1. The van der Waals surface area contributed by atoms with E-state index in [1.54, 1.807) is 10.9 Å². The third kappa shape index (κ3) is 5.76. The predicted octanol–water partition coefficient (Wildman–Crippen LogP) is 2.67. The molecule has 10 heteroatoms. The molecule has 3 aromatic rings. The smallest absolute Gasteiger partial charge is 0.271 e. The number of hydrogen-bond donors (Lipinski definition) is 3. The van der Waals surface area contributed by atoms with E-state index in [-0.39, 0.29) is 18.0 Å². The number of nitrogens with one attached hydrogen (secondary N) is 1. The van der Waals surface area contributed by atoms with E-state index in [1.165, 1.54) is 21.9 Å². The van der Waals surface area contributed by atoms with Crippen LogP contribution in [0.2, 0.25) is 0 Å². The van der Waals surface area contributed by atoms with Crippen molar-refractivity contribution in [2.75, 3.05) is 6.54 Å². The third-order valence-electron chi connectivity index (χ3n) is 5.48. The summed E-state index contributed by atoms with van der Waals surface area (Å²) in [5, 5.41) is 2.24. The number of allylic oxidation sites excluding steroid dienone is 4. The van der Waals surface area contributed by atoms with Crippen LogP contribution in [0, 0.1) is 0 Å². The lowest BCUT2D eigenvalue weighted by molar-refractivity contribution is -0.122. The summed E-state index contributed by atoms with van der Waals surface area (Å²) >= 11 is 7.55. The second-order valence-electron chi connectivity index (χ2n) is 7.91. The van der Waals surface area contributed by atoms with E-state index >= 15 is 0 Å². The molecule has 0 aliphatic heterocycles. The molecule has 1 aromatic carbocycles. The number of nitrogens with two attached hydrogens (primary N) is 2. The normalized spacial score (nSPS) is 13.8. The van der Waals surface area contributed by atoms with Crippen molar-refractivity contribution in [2.24, 2.45) is 11.7 Å². The number of carbonyl (C=O) groups excluding carboxylic acids is 1. The van der Waals surface area contributed by atoms with Gasteiger partial charge in [-0.15, -0.1) is 11.3 Å². The Kier molecular flexibility index (Phi) is 7.36. The van der Waals surface area contributed by atoms with Crippen LogP contribution in [0.25, 0.3) is 15.8 Å². The Bertz CT molecular complexity index is 1280. The zero-order valence-electron chi connectivity index (χ0n) is 18.0. The molecular formula is C23H25ClN6O2S. The van der Waals surface area contributed by atoms with Crippen LogP contribution in [0.5, 0.6) is 0 Å². The molecule has 0 unspecified atom stereocenters. The van der Waals surface area contributed by atoms with Crippen molar-refractivity contribution in [1.29, 1.82) is 0 Å². The summed E-state index contributed by atoms with van der Waals surface area (Å²) in [5.41, 5.74) is 6.03. The molecule has 0 fully saturated rings. The first kappa shape index (κ1) is 23.3. The highest BCUT2D eigenvalue weighted by atomic mass is 35.5. The average molecular weight is 485 g/mol. The van der Waals surface area contributed by atoms with Crippen molar-refractivity contribution in [3.8, 4) is 0 Å². The van der Waals surface area contributed by atoms with Crippen molar-refractivity contribution in [1.82, 2.24) is 20.0 Å². The summed E-state index contributed by atoms with van der Waals surface area (Å²) in [6.07, 6.45) is 7.95. The summed E-state index contributed by atoms with van der Waals surface area (Å²) in [7, 11) is 0. The number of fused-ring (bicyclic) bond motifs is 1. The van der Waals surface area contributed by atoms with Gasteiger partial charge in [0, 0.05) is 23.0 Å². The zero-order valence-corrected chi connectivity index (χ0v) is 19.5. The van der Waals surface area contributed by atoms with Crippen molar-refractivity contribution < 1.29 is 4.79 Å². The topological polar surface area (TPSA) is 119 Å². The van der Waals surface area contributed by atoms with Crippen LogP contribution in [0.4, 0.5) is 0 Å². The van der Waals surface area contributed by atoms with Gasteiger partial charge in [0.1, 0.15) is 4.70 Å². The van der Waals surface area contributed by atoms with Crippen LogP contribution in [-0.2, 0) is 24.3 Å². The summed E-state index contributed by atoms with van der Waals surface area (Å²) < 4.78 is 2.34. The molecule has 8 nitrogen and oxygen atoms in total. The number of aromatic nitrogens is 2. The molecule has 0 bridgehead atoms. The molecule has 33 heavy (non-hydrogen) atoms. The second-order valence-corrected chi connectivity index (χ2v) is 9.45. The molecule has 0 saturated carbocycles. The first-order chi connectivity index (χ1) is 15.9. The van der Waals surface area contributed by atoms with E-state index in [4.69, 9.17) is 23.3 Å². The van der Waals surface area contributed by atoms with E-state index in [0.29, 0.717) is 24.2 Å². The maximum atomic E-state index is 13.0. The molecule has 0 atom stereocenters. The van der Waals surface area contributed by atoms with E-state index in [9.17, 15) is 9.59 Å². The molecule has 2 aromatic heterocycles. The lowest BCUT2D eigenvalue weighted by Crippen LogP contribution is -2.43. The van der Waals surface area contributed by atoms with Gasteiger partial charge in [-0.3, -0.25) is 25.4 Å². The monoisotopic (exact) mass is 484 g/mol.